The first-order valence-corrected chi connectivity index (χ1v) is 25.2. The first-order valence-electron chi connectivity index (χ1n) is 23.5. The van der Waals surface area contributed by atoms with Crippen LogP contribution in [-0.4, -0.2) is 6.71 Å². The van der Waals surface area contributed by atoms with E-state index in [1.807, 2.05) is 29.2 Å². The van der Waals surface area contributed by atoms with E-state index in [-0.39, 0.29) is 17.5 Å². The molecule has 3 nitrogen and oxygen atoms in total. The van der Waals surface area contributed by atoms with E-state index < -0.39 is 0 Å². The van der Waals surface area contributed by atoms with Crippen LogP contribution >= 0.6 is 23.1 Å². The first kappa shape index (κ1) is 41.0. The quantitative estimate of drug-likeness (QED) is 0.141. The van der Waals surface area contributed by atoms with Crippen molar-refractivity contribution in [3.05, 3.63) is 235 Å². The number of thiophene rings is 1. The number of para-hydroxylation sites is 1. The number of nitrogens with zero attached hydrogens (tertiary/aromatic N) is 2. The van der Waals surface area contributed by atoms with Gasteiger partial charge in [0.1, 0.15) is 11.2 Å². The lowest BCUT2D eigenvalue weighted by Crippen LogP contribution is -2.58. The van der Waals surface area contributed by atoms with Crippen LogP contribution in [0.2, 0.25) is 0 Å². The molecular formula is C62H47BN2OS2. The summed E-state index contributed by atoms with van der Waals surface area (Å²) in [6.45, 7) is 9.35. The molecule has 0 bridgehead atoms. The summed E-state index contributed by atoms with van der Waals surface area (Å²) in [7, 11) is 0. The van der Waals surface area contributed by atoms with Crippen molar-refractivity contribution in [3.8, 4) is 0 Å². The lowest BCUT2D eigenvalue weighted by Gasteiger charge is -2.39. The molecule has 0 amide bonds. The Morgan fingerprint density at radius 3 is 1.72 bits per heavy atom. The lowest BCUT2D eigenvalue weighted by molar-refractivity contribution is 0.641. The summed E-state index contributed by atoms with van der Waals surface area (Å²) in [5.74, 6) is 0. The molecule has 0 radical (unpaired) electrons. The molecule has 13 rings (SSSR count). The summed E-state index contributed by atoms with van der Waals surface area (Å²) in [5.41, 5.74) is 16.4. The molecule has 0 saturated carbocycles. The van der Waals surface area contributed by atoms with E-state index in [1.54, 1.807) is 0 Å². The fourth-order valence-corrected chi connectivity index (χ4v) is 13.4. The SMILES string of the molecule is CC(C)(c1ccccc1)c1ccc(N(c2ccc(C(C)(C)c3ccccc3)cc2)c2ccc3c(c2)Sc2cccc4c2B3c2sc3ccccc3c2N4c2ccc3c(c2)oc2ccccc23)cc1. The number of hydrogen-bond donors (Lipinski definition) is 0. The summed E-state index contributed by atoms with van der Waals surface area (Å²) >= 11 is 3.83. The van der Waals surface area contributed by atoms with Gasteiger partial charge in [-0.3, -0.25) is 0 Å². The van der Waals surface area contributed by atoms with Crippen molar-refractivity contribution in [3.63, 3.8) is 0 Å². The Hall–Kier alpha value is -7.25. The number of furan rings is 1. The van der Waals surface area contributed by atoms with E-state index in [4.69, 9.17) is 4.42 Å². The normalized spacial score (nSPS) is 13.2. The molecule has 0 unspecified atom stereocenters. The highest BCUT2D eigenvalue weighted by atomic mass is 32.2. The van der Waals surface area contributed by atoms with E-state index in [1.165, 1.54) is 69.2 Å². The fourth-order valence-electron chi connectivity index (χ4n) is 10.9. The Morgan fingerprint density at radius 2 is 1.04 bits per heavy atom. The van der Waals surface area contributed by atoms with Crippen molar-refractivity contribution in [1.29, 1.82) is 0 Å². The Kier molecular flexibility index (Phi) is 9.44. The monoisotopic (exact) mass is 910 g/mol. The van der Waals surface area contributed by atoms with Gasteiger partial charge < -0.3 is 14.2 Å². The minimum atomic E-state index is -0.148. The summed E-state index contributed by atoms with van der Waals surface area (Å²) in [4.78, 5) is 7.52. The molecular weight excluding hydrogens is 864 g/mol. The number of anilines is 6. The van der Waals surface area contributed by atoms with E-state index in [0.29, 0.717) is 0 Å². The maximum Gasteiger partial charge on any atom is 0.262 e. The van der Waals surface area contributed by atoms with Gasteiger partial charge in [0.15, 0.2) is 0 Å². The summed E-state index contributed by atoms with van der Waals surface area (Å²) in [6.07, 6.45) is 0. The van der Waals surface area contributed by atoms with Crippen LogP contribution in [0.4, 0.5) is 34.1 Å². The second-order valence-electron chi connectivity index (χ2n) is 19.3. The third-order valence-corrected chi connectivity index (χ3v) is 17.1. The van der Waals surface area contributed by atoms with E-state index in [2.05, 4.69) is 244 Å². The molecule has 0 aliphatic carbocycles. The molecule has 9 aromatic carbocycles. The van der Waals surface area contributed by atoms with Gasteiger partial charge in [0.05, 0.1) is 5.69 Å². The molecule has 0 spiro atoms. The third kappa shape index (κ3) is 6.42. The van der Waals surface area contributed by atoms with Crippen molar-refractivity contribution >= 4 is 112 Å². The topological polar surface area (TPSA) is 19.6 Å². The summed E-state index contributed by atoms with van der Waals surface area (Å²) in [6, 6.07) is 78.2. The van der Waals surface area contributed by atoms with E-state index in [9.17, 15) is 0 Å². The van der Waals surface area contributed by atoms with Gasteiger partial charge in [-0.2, -0.15) is 0 Å². The van der Waals surface area contributed by atoms with Gasteiger partial charge in [-0.1, -0.05) is 178 Å². The van der Waals surface area contributed by atoms with Crippen molar-refractivity contribution in [2.45, 2.75) is 48.3 Å². The zero-order chi connectivity index (χ0) is 45.7. The zero-order valence-electron chi connectivity index (χ0n) is 38.4. The second kappa shape index (κ2) is 15.7. The van der Waals surface area contributed by atoms with Crippen LogP contribution in [0.15, 0.2) is 227 Å². The number of hydrogen-bond acceptors (Lipinski definition) is 5. The standard InChI is InChI=1S/C62H47BN2OS2/c1-61(2,40-16-7-5-8-17-40)42-26-30-44(31-27-42)64(45-32-28-43(29-33-45)62(3,4)41-18-9-6-10-19-41)47-35-37-51-57(39-47)67-56-25-15-22-52-58(56)63(51)60-59(50-21-12-14-24-55(50)68-60)65(52)46-34-36-49-48-20-11-13-23-53(48)66-54(49)38-46/h5-39H,1-4H3. The molecule has 0 N–H and O–H groups in total. The van der Waals surface area contributed by atoms with Gasteiger partial charge in [-0.25, -0.2) is 0 Å². The van der Waals surface area contributed by atoms with Crippen molar-refractivity contribution in [2.75, 3.05) is 9.80 Å². The maximum absolute atomic E-state index is 6.49. The van der Waals surface area contributed by atoms with Crippen molar-refractivity contribution < 1.29 is 4.42 Å². The summed E-state index contributed by atoms with van der Waals surface area (Å²) < 4.78 is 9.16. The molecule has 68 heavy (non-hydrogen) atoms. The molecule has 0 atom stereocenters. The first-order chi connectivity index (χ1) is 33.2. The molecule has 4 heterocycles. The average molecular weight is 911 g/mol. The number of benzene rings is 9. The van der Waals surface area contributed by atoms with E-state index in [0.717, 1.165) is 44.7 Å². The minimum absolute atomic E-state index is 0.0811. The Balaban J connectivity index is 0.942. The Labute approximate surface area is 406 Å². The molecule has 2 aromatic heterocycles. The van der Waals surface area contributed by atoms with Crippen LogP contribution in [0.25, 0.3) is 32.0 Å². The molecule has 0 saturated heterocycles. The van der Waals surface area contributed by atoms with E-state index >= 15 is 0 Å². The minimum Gasteiger partial charge on any atom is -0.456 e. The van der Waals surface area contributed by atoms with Gasteiger partial charge in [-0.05, 0) is 101 Å². The smallest absolute Gasteiger partial charge is 0.262 e. The summed E-state index contributed by atoms with van der Waals surface area (Å²) in [5, 5.41) is 3.55. The van der Waals surface area contributed by atoms with Crippen LogP contribution in [0.5, 0.6) is 0 Å². The zero-order valence-corrected chi connectivity index (χ0v) is 40.0. The van der Waals surface area contributed by atoms with Gasteiger partial charge in [0.25, 0.3) is 6.71 Å². The van der Waals surface area contributed by atoms with Crippen LogP contribution in [0.3, 0.4) is 0 Å². The average Bonchev–Trinajstić information content (AvgIpc) is 3.96. The highest BCUT2D eigenvalue weighted by Gasteiger charge is 2.43. The molecule has 2 aliphatic rings. The molecule has 2 aliphatic heterocycles. The molecule has 6 heteroatoms. The van der Waals surface area contributed by atoms with Crippen LogP contribution in [0.1, 0.15) is 49.9 Å². The largest absolute Gasteiger partial charge is 0.456 e. The fraction of sp³-hybridized carbons (Fsp3) is 0.0968. The van der Waals surface area contributed by atoms with Crippen LogP contribution < -0.4 is 25.5 Å². The molecule has 0 fully saturated rings. The maximum atomic E-state index is 6.49. The molecule has 11 aromatic rings. The lowest BCUT2D eigenvalue weighted by atomic mass is 9.37. The Bertz CT molecular complexity index is 3630. The number of rotatable bonds is 8. The van der Waals surface area contributed by atoms with Gasteiger partial charge in [0.2, 0.25) is 0 Å². The molecule has 326 valence electrons. The highest BCUT2D eigenvalue weighted by Crippen LogP contribution is 2.48. The predicted molar refractivity (Wildman–Crippen MR) is 291 cm³/mol. The van der Waals surface area contributed by atoms with Crippen LogP contribution in [0, 0.1) is 0 Å². The van der Waals surface area contributed by atoms with Gasteiger partial charge >= 0.3 is 0 Å². The van der Waals surface area contributed by atoms with Crippen LogP contribution in [-0.2, 0) is 10.8 Å². The van der Waals surface area contributed by atoms with Crippen molar-refractivity contribution in [2.24, 2.45) is 0 Å². The van der Waals surface area contributed by atoms with Gasteiger partial charge in [-0.15, -0.1) is 11.3 Å². The number of fused-ring (bicyclic) bond motifs is 9. The highest BCUT2D eigenvalue weighted by molar-refractivity contribution is 8.00. The second-order valence-corrected chi connectivity index (χ2v) is 21.5. The Morgan fingerprint density at radius 1 is 0.471 bits per heavy atom. The predicted octanol–water partition coefficient (Wildman–Crippen LogP) is 15.7. The van der Waals surface area contributed by atoms with Gasteiger partial charge in [0, 0.05) is 80.8 Å². The van der Waals surface area contributed by atoms with Crippen molar-refractivity contribution in [1.82, 2.24) is 0 Å². The third-order valence-electron chi connectivity index (χ3n) is 14.7.